The molecular weight excluding hydrogens is 381 g/mol. The molecule has 1 amide bonds. The van der Waals surface area contributed by atoms with Gasteiger partial charge in [-0.05, 0) is 35.9 Å². The zero-order valence-corrected chi connectivity index (χ0v) is 15.0. The number of aromatic nitrogens is 1. The van der Waals surface area contributed by atoms with E-state index in [4.69, 9.17) is 16.3 Å². The molecule has 4 nitrogen and oxygen atoms in total. The molecule has 27 heavy (non-hydrogen) atoms. The number of aromatic amines is 1. The van der Waals surface area contributed by atoms with Gasteiger partial charge in [0.25, 0.3) is 5.91 Å². The molecule has 3 rings (SSSR count). The van der Waals surface area contributed by atoms with Crippen LogP contribution in [-0.2, 0) is 10.9 Å². The Morgan fingerprint density at radius 2 is 2.00 bits per heavy atom. The predicted molar refractivity (Wildman–Crippen MR) is 96.8 cm³/mol. The van der Waals surface area contributed by atoms with Crippen molar-refractivity contribution in [3.8, 4) is 0 Å². The van der Waals surface area contributed by atoms with Gasteiger partial charge in [-0.15, -0.1) is 0 Å². The number of H-pyrrole nitrogens is 1. The van der Waals surface area contributed by atoms with E-state index >= 15 is 0 Å². The lowest BCUT2D eigenvalue weighted by atomic mass is 10.0. The lowest BCUT2D eigenvalue weighted by Gasteiger charge is -2.19. The maximum Gasteiger partial charge on any atom is 0.416 e. The van der Waals surface area contributed by atoms with E-state index in [0.29, 0.717) is 16.1 Å². The van der Waals surface area contributed by atoms with Crippen molar-refractivity contribution < 1.29 is 22.7 Å². The number of nitrogens with one attached hydrogen (secondary N) is 2. The molecule has 0 saturated heterocycles. The van der Waals surface area contributed by atoms with Gasteiger partial charge in [0.1, 0.15) is 5.69 Å². The number of methoxy groups -OCH3 is 1. The second kappa shape index (κ2) is 7.62. The van der Waals surface area contributed by atoms with E-state index in [1.165, 1.54) is 19.2 Å². The smallest absolute Gasteiger partial charge is 0.382 e. The second-order valence-electron chi connectivity index (χ2n) is 6.02. The Bertz CT molecular complexity index is 969. The summed E-state index contributed by atoms with van der Waals surface area (Å²) in [6.07, 6.45) is -4.46. The van der Waals surface area contributed by atoms with E-state index in [1.807, 2.05) is 0 Å². The minimum absolute atomic E-state index is 0.0269. The third-order valence-corrected chi connectivity index (χ3v) is 4.32. The summed E-state index contributed by atoms with van der Waals surface area (Å²) >= 11 is 5.94. The first-order valence-corrected chi connectivity index (χ1v) is 8.41. The molecule has 0 fully saturated rings. The molecular formula is C19H16ClF3N2O2. The molecule has 0 aliphatic heterocycles. The predicted octanol–water partition coefficient (Wildman–Crippen LogP) is 4.96. The summed E-state index contributed by atoms with van der Waals surface area (Å²) in [5.41, 5.74) is 0.491. The van der Waals surface area contributed by atoms with Gasteiger partial charge in [-0.3, -0.25) is 4.79 Å². The normalized spacial score (nSPS) is 12.9. The molecule has 0 saturated carbocycles. The third kappa shape index (κ3) is 4.43. The molecule has 1 unspecified atom stereocenters. The fourth-order valence-corrected chi connectivity index (χ4v) is 2.95. The van der Waals surface area contributed by atoms with Crippen molar-refractivity contribution in [2.24, 2.45) is 0 Å². The summed E-state index contributed by atoms with van der Waals surface area (Å²) in [7, 11) is 1.41. The first-order chi connectivity index (χ1) is 12.8. The lowest BCUT2D eigenvalue weighted by Crippen LogP contribution is -2.31. The number of carbonyl (C=O) groups is 1. The summed E-state index contributed by atoms with van der Waals surface area (Å²) in [6.45, 7) is 0.0269. The van der Waals surface area contributed by atoms with Crippen LogP contribution in [0.3, 0.4) is 0 Å². The van der Waals surface area contributed by atoms with Crippen LogP contribution in [-0.4, -0.2) is 24.6 Å². The van der Waals surface area contributed by atoms with Crippen LogP contribution in [0.1, 0.15) is 27.7 Å². The van der Waals surface area contributed by atoms with Crippen LogP contribution in [0, 0.1) is 0 Å². The number of benzene rings is 2. The molecule has 0 aliphatic rings. The fourth-order valence-electron chi connectivity index (χ4n) is 2.78. The van der Waals surface area contributed by atoms with Crippen LogP contribution < -0.4 is 5.32 Å². The van der Waals surface area contributed by atoms with Gasteiger partial charge in [0.05, 0.1) is 18.2 Å². The average Bonchev–Trinajstić information content (AvgIpc) is 3.04. The van der Waals surface area contributed by atoms with Gasteiger partial charge in [-0.25, -0.2) is 0 Å². The quantitative estimate of drug-likeness (QED) is 0.640. The molecule has 142 valence electrons. The Hall–Kier alpha value is -2.51. The number of hydrogen-bond donors (Lipinski definition) is 2. The standard InChI is InChI=1S/C19H16ClF3N2O2/c1-27-10-17(11-3-2-4-13(7-11)19(21,22)23)25-18(26)16-8-12-5-6-14(20)9-15(12)24-16/h2-9,17,24H,10H2,1H3,(H,25,26). The molecule has 2 N–H and O–H groups in total. The van der Waals surface area contributed by atoms with Gasteiger partial charge in [-0.2, -0.15) is 13.2 Å². The molecule has 1 aromatic heterocycles. The zero-order valence-electron chi connectivity index (χ0n) is 14.2. The molecule has 8 heteroatoms. The Kier molecular flexibility index (Phi) is 5.43. The summed E-state index contributed by atoms with van der Waals surface area (Å²) < 4.78 is 44.0. The fraction of sp³-hybridized carbons (Fsp3) is 0.211. The van der Waals surface area contributed by atoms with E-state index in [1.54, 1.807) is 24.3 Å². The van der Waals surface area contributed by atoms with Gasteiger partial charge in [0.2, 0.25) is 0 Å². The molecule has 0 aliphatic carbocycles. The summed E-state index contributed by atoms with van der Waals surface area (Å²) in [4.78, 5) is 15.5. The Balaban J connectivity index is 1.86. The number of carbonyl (C=O) groups excluding carboxylic acids is 1. The van der Waals surface area contributed by atoms with Crippen molar-refractivity contribution in [2.75, 3.05) is 13.7 Å². The van der Waals surface area contributed by atoms with E-state index in [0.717, 1.165) is 17.5 Å². The van der Waals surface area contributed by atoms with Crippen LogP contribution in [0.5, 0.6) is 0 Å². The van der Waals surface area contributed by atoms with E-state index in [-0.39, 0.29) is 12.3 Å². The molecule has 0 radical (unpaired) electrons. The maximum absolute atomic E-state index is 13.0. The minimum atomic E-state index is -4.46. The van der Waals surface area contributed by atoms with Crippen LogP contribution in [0.4, 0.5) is 13.2 Å². The summed E-state index contributed by atoms with van der Waals surface area (Å²) in [5, 5.41) is 4.03. The van der Waals surface area contributed by atoms with Gasteiger partial charge in [0.15, 0.2) is 0 Å². The number of fused-ring (bicyclic) bond motifs is 1. The number of hydrogen-bond acceptors (Lipinski definition) is 2. The number of alkyl halides is 3. The third-order valence-electron chi connectivity index (χ3n) is 4.08. The highest BCUT2D eigenvalue weighted by Crippen LogP contribution is 2.31. The summed E-state index contributed by atoms with van der Waals surface area (Å²) in [5.74, 6) is -0.457. The number of halogens is 4. The second-order valence-corrected chi connectivity index (χ2v) is 6.46. The molecule has 1 heterocycles. The molecule has 0 bridgehead atoms. The highest BCUT2D eigenvalue weighted by atomic mass is 35.5. The van der Waals surface area contributed by atoms with E-state index in [2.05, 4.69) is 10.3 Å². The van der Waals surface area contributed by atoms with Crippen molar-refractivity contribution in [3.05, 3.63) is 70.4 Å². The van der Waals surface area contributed by atoms with Crippen molar-refractivity contribution in [1.82, 2.24) is 10.3 Å². The molecule has 1 atom stereocenters. The van der Waals surface area contributed by atoms with Crippen LogP contribution in [0.25, 0.3) is 10.9 Å². The number of ether oxygens (including phenoxy) is 1. The topological polar surface area (TPSA) is 54.1 Å². The average molecular weight is 397 g/mol. The highest BCUT2D eigenvalue weighted by Gasteiger charge is 2.31. The van der Waals surface area contributed by atoms with Gasteiger partial charge < -0.3 is 15.0 Å². The molecule has 0 spiro atoms. The monoisotopic (exact) mass is 396 g/mol. The minimum Gasteiger partial charge on any atom is -0.382 e. The first-order valence-electron chi connectivity index (χ1n) is 8.03. The SMILES string of the molecule is COCC(NC(=O)c1cc2ccc(Cl)cc2[nH]1)c1cccc(C(F)(F)F)c1. The van der Waals surface area contributed by atoms with Crippen molar-refractivity contribution in [1.29, 1.82) is 0 Å². The Morgan fingerprint density at radius 3 is 2.70 bits per heavy atom. The highest BCUT2D eigenvalue weighted by molar-refractivity contribution is 6.31. The van der Waals surface area contributed by atoms with Crippen LogP contribution in [0.15, 0.2) is 48.5 Å². The molecule has 3 aromatic rings. The maximum atomic E-state index is 13.0. The van der Waals surface area contributed by atoms with Crippen molar-refractivity contribution >= 4 is 28.4 Å². The van der Waals surface area contributed by atoms with Gasteiger partial charge in [-0.1, -0.05) is 29.8 Å². The number of amides is 1. The summed E-state index contributed by atoms with van der Waals surface area (Å²) in [6, 6.07) is 10.9. The lowest BCUT2D eigenvalue weighted by molar-refractivity contribution is -0.137. The molecule has 2 aromatic carbocycles. The zero-order chi connectivity index (χ0) is 19.6. The van der Waals surface area contributed by atoms with Crippen molar-refractivity contribution in [2.45, 2.75) is 12.2 Å². The van der Waals surface area contributed by atoms with Gasteiger partial charge in [0, 0.05) is 23.0 Å². The van der Waals surface area contributed by atoms with Gasteiger partial charge >= 0.3 is 6.18 Å². The largest absolute Gasteiger partial charge is 0.416 e. The Morgan fingerprint density at radius 1 is 1.22 bits per heavy atom. The van der Waals surface area contributed by atoms with E-state index < -0.39 is 23.7 Å². The van der Waals surface area contributed by atoms with Crippen LogP contribution >= 0.6 is 11.6 Å². The van der Waals surface area contributed by atoms with E-state index in [9.17, 15) is 18.0 Å². The number of rotatable bonds is 5. The van der Waals surface area contributed by atoms with Crippen LogP contribution in [0.2, 0.25) is 5.02 Å². The Labute approximate surface area is 158 Å². The first kappa shape index (κ1) is 19.3. The van der Waals surface area contributed by atoms with Crippen molar-refractivity contribution in [3.63, 3.8) is 0 Å².